The molecule has 0 spiro atoms. The third kappa shape index (κ3) is 2.80. The van der Waals surface area contributed by atoms with Gasteiger partial charge in [0.25, 0.3) is 0 Å². The lowest BCUT2D eigenvalue weighted by atomic mass is 9.93. The van der Waals surface area contributed by atoms with Crippen LogP contribution in [0.15, 0.2) is 52.7 Å². The molecule has 0 fully saturated rings. The number of rotatable bonds is 4. The molecule has 0 unspecified atom stereocenters. The lowest BCUT2D eigenvalue weighted by Crippen LogP contribution is -2.22. The van der Waals surface area contributed by atoms with Crippen LogP contribution >= 0.6 is 15.9 Å². The summed E-state index contributed by atoms with van der Waals surface area (Å²) < 4.78 is 16.1. The van der Waals surface area contributed by atoms with Crippen LogP contribution in [0.2, 0.25) is 0 Å². The van der Waals surface area contributed by atoms with Crippen molar-refractivity contribution in [2.75, 3.05) is 14.2 Å². The quantitative estimate of drug-likeness (QED) is 0.797. The molecule has 0 aliphatic heterocycles. The predicted octanol–water partition coefficient (Wildman–Crippen LogP) is 3.77. The third-order valence-electron chi connectivity index (χ3n) is 3.57. The molecule has 2 aromatic carbocycles. The Bertz CT molecular complexity index is 847. The summed E-state index contributed by atoms with van der Waals surface area (Å²) in [4.78, 5) is 25.1. The lowest BCUT2D eigenvalue weighted by molar-refractivity contribution is 0.0944. The van der Waals surface area contributed by atoms with Crippen molar-refractivity contribution in [3.63, 3.8) is 0 Å². The minimum Gasteiger partial charge on any atom is -0.496 e. The highest BCUT2D eigenvalue weighted by Crippen LogP contribution is 2.34. The van der Waals surface area contributed by atoms with E-state index in [-0.39, 0.29) is 21.8 Å². The Kier molecular flexibility index (Phi) is 4.40. The van der Waals surface area contributed by atoms with Crippen LogP contribution in [0.3, 0.4) is 0 Å². The number of Topliss-reactive ketones (excluding diaryl/α,β-unsaturated/α-hetero) is 2. The normalized spacial score (nSPS) is 13.6. The monoisotopic (exact) mass is 388 g/mol. The summed E-state index contributed by atoms with van der Waals surface area (Å²) in [7, 11) is 3.03. The summed E-state index contributed by atoms with van der Waals surface area (Å²) in [6, 6.07) is 11.5. The van der Waals surface area contributed by atoms with E-state index in [0.717, 1.165) is 0 Å². The van der Waals surface area contributed by atoms with Crippen LogP contribution in [0.1, 0.15) is 20.7 Å². The Morgan fingerprint density at radius 2 is 1.29 bits per heavy atom. The van der Waals surface area contributed by atoms with Crippen LogP contribution in [0.25, 0.3) is 0 Å². The topological polar surface area (TPSA) is 61.8 Å². The number of fused-ring (bicyclic) bond motifs is 1. The van der Waals surface area contributed by atoms with Crippen molar-refractivity contribution in [2.45, 2.75) is 0 Å². The first kappa shape index (κ1) is 16.3. The maximum atomic E-state index is 12.7. The molecule has 24 heavy (non-hydrogen) atoms. The molecule has 0 saturated heterocycles. The molecule has 0 heterocycles. The fraction of sp³-hybridized carbons (Fsp3) is 0.111. The Hall–Kier alpha value is -2.60. The van der Waals surface area contributed by atoms with E-state index >= 15 is 0 Å². The maximum Gasteiger partial charge on any atom is 0.230 e. The summed E-state index contributed by atoms with van der Waals surface area (Å²) in [6.45, 7) is 0. The fourth-order valence-electron chi connectivity index (χ4n) is 2.37. The molecule has 5 nitrogen and oxygen atoms in total. The molecule has 2 aromatic rings. The summed E-state index contributed by atoms with van der Waals surface area (Å²) in [5, 5.41) is 0. The van der Waals surface area contributed by atoms with Gasteiger partial charge in [-0.25, -0.2) is 0 Å². The van der Waals surface area contributed by atoms with Crippen molar-refractivity contribution in [3.05, 3.63) is 63.8 Å². The molecule has 3 rings (SSSR count). The standard InChI is InChI=1S/C18H13BrO5/c1-22-10-7-11(23-2)9-12(8-10)24-18-15(19)16(20)13-5-3-4-6-14(13)17(18)21/h3-9H,1-2H3. The molecule has 6 heteroatoms. The van der Waals surface area contributed by atoms with E-state index in [1.165, 1.54) is 14.2 Å². The van der Waals surface area contributed by atoms with Crippen molar-refractivity contribution < 1.29 is 23.8 Å². The Balaban J connectivity index is 2.03. The van der Waals surface area contributed by atoms with E-state index in [2.05, 4.69) is 15.9 Å². The zero-order valence-electron chi connectivity index (χ0n) is 13.0. The van der Waals surface area contributed by atoms with Gasteiger partial charge in [0, 0.05) is 29.3 Å². The summed E-state index contributed by atoms with van der Waals surface area (Å²) in [5.41, 5.74) is 0.667. The van der Waals surface area contributed by atoms with Crippen LogP contribution < -0.4 is 14.2 Å². The first-order chi connectivity index (χ1) is 11.5. The van der Waals surface area contributed by atoms with Gasteiger partial charge in [-0.1, -0.05) is 24.3 Å². The van der Waals surface area contributed by atoms with Crippen LogP contribution in [0, 0.1) is 0 Å². The molecule has 122 valence electrons. The Labute approximate surface area is 147 Å². The van der Waals surface area contributed by atoms with Gasteiger partial charge >= 0.3 is 0 Å². The minimum atomic E-state index is -0.362. The third-order valence-corrected chi connectivity index (χ3v) is 4.29. The first-order valence-corrected chi connectivity index (χ1v) is 7.83. The largest absolute Gasteiger partial charge is 0.496 e. The first-order valence-electron chi connectivity index (χ1n) is 7.04. The number of ether oxygens (including phenoxy) is 3. The molecule has 0 N–H and O–H groups in total. The predicted molar refractivity (Wildman–Crippen MR) is 91.2 cm³/mol. The van der Waals surface area contributed by atoms with E-state index in [1.807, 2.05) is 0 Å². The van der Waals surface area contributed by atoms with Gasteiger partial charge in [-0.2, -0.15) is 0 Å². The lowest BCUT2D eigenvalue weighted by Gasteiger charge is -2.18. The molecule has 0 saturated carbocycles. The Morgan fingerprint density at radius 3 is 1.83 bits per heavy atom. The zero-order valence-corrected chi connectivity index (χ0v) is 14.5. The van der Waals surface area contributed by atoms with Gasteiger partial charge in [0.15, 0.2) is 5.76 Å². The average molecular weight is 389 g/mol. The van der Waals surface area contributed by atoms with Crippen molar-refractivity contribution in [1.82, 2.24) is 0 Å². The Morgan fingerprint density at radius 1 is 0.792 bits per heavy atom. The van der Waals surface area contributed by atoms with Gasteiger partial charge in [-0.15, -0.1) is 0 Å². The number of methoxy groups -OCH3 is 2. The number of hydrogen-bond donors (Lipinski definition) is 0. The number of halogens is 1. The second-order valence-corrected chi connectivity index (χ2v) is 5.79. The van der Waals surface area contributed by atoms with Crippen molar-refractivity contribution in [2.24, 2.45) is 0 Å². The highest BCUT2D eigenvalue weighted by Gasteiger charge is 2.32. The van der Waals surface area contributed by atoms with Crippen LogP contribution in [0.5, 0.6) is 17.2 Å². The van der Waals surface area contributed by atoms with Crippen molar-refractivity contribution >= 4 is 27.5 Å². The van der Waals surface area contributed by atoms with Crippen molar-refractivity contribution in [1.29, 1.82) is 0 Å². The van der Waals surface area contributed by atoms with Gasteiger partial charge in [0.05, 0.1) is 14.2 Å². The molecular weight excluding hydrogens is 376 g/mol. The number of allylic oxidation sites excluding steroid dienone is 2. The number of carbonyl (C=O) groups excluding carboxylic acids is 2. The summed E-state index contributed by atoms with van der Waals surface area (Å²) >= 11 is 3.18. The van der Waals surface area contributed by atoms with Gasteiger partial charge in [0.2, 0.25) is 11.6 Å². The molecule has 0 amide bonds. The molecule has 1 aliphatic carbocycles. The highest BCUT2D eigenvalue weighted by molar-refractivity contribution is 9.12. The summed E-state index contributed by atoms with van der Waals surface area (Å²) in [6.07, 6.45) is 0. The number of hydrogen-bond acceptors (Lipinski definition) is 5. The van der Waals surface area contributed by atoms with E-state index in [9.17, 15) is 9.59 Å². The average Bonchev–Trinajstić information content (AvgIpc) is 2.63. The number of ketones is 2. The van der Waals surface area contributed by atoms with E-state index < -0.39 is 0 Å². The SMILES string of the molecule is COc1cc(OC)cc(OC2=C(Br)C(=O)c3ccccc3C2=O)c1. The van der Waals surface area contributed by atoms with Gasteiger partial charge in [0.1, 0.15) is 21.7 Å². The highest BCUT2D eigenvalue weighted by atomic mass is 79.9. The second kappa shape index (κ2) is 6.49. The van der Waals surface area contributed by atoms with Gasteiger partial charge < -0.3 is 14.2 Å². The second-order valence-electron chi connectivity index (χ2n) is 5.00. The maximum absolute atomic E-state index is 12.7. The number of carbonyl (C=O) groups is 2. The van der Waals surface area contributed by atoms with E-state index in [0.29, 0.717) is 28.4 Å². The smallest absolute Gasteiger partial charge is 0.230 e. The van der Waals surface area contributed by atoms with Gasteiger partial charge in [-0.05, 0) is 15.9 Å². The van der Waals surface area contributed by atoms with Crippen LogP contribution in [-0.4, -0.2) is 25.8 Å². The van der Waals surface area contributed by atoms with Gasteiger partial charge in [-0.3, -0.25) is 9.59 Å². The molecule has 0 atom stereocenters. The summed E-state index contributed by atoms with van der Waals surface area (Å²) in [5.74, 6) is 0.633. The van der Waals surface area contributed by atoms with Crippen LogP contribution in [0.4, 0.5) is 0 Å². The number of benzene rings is 2. The molecule has 0 bridgehead atoms. The molecule has 0 aromatic heterocycles. The molecule has 1 aliphatic rings. The minimum absolute atomic E-state index is 0.0611. The van der Waals surface area contributed by atoms with E-state index in [4.69, 9.17) is 14.2 Å². The fourth-order valence-corrected chi connectivity index (χ4v) is 2.85. The van der Waals surface area contributed by atoms with Crippen LogP contribution in [-0.2, 0) is 0 Å². The van der Waals surface area contributed by atoms with E-state index in [1.54, 1.807) is 42.5 Å². The zero-order chi connectivity index (χ0) is 17.3. The molecular formula is C18H13BrO5. The van der Waals surface area contributed by atoms with Crippen molar-refractivity contribution in [3.8, 4) is 17.2 Å². The molecule has 0 radical (unpaired) electrons.